The first-order valence-corrected chi connectivity index (χ1v) is 10.4. The topological polar surface area (TPSA) is 52.7 Å². The predicted molar refractivity (Wildman–Crippen MR) is 115 cm³/mol. The van der Waals surface area contributed by atoms with E-state index in [4.69, 9.17) is 0 Å². The van der Waals surface area contributed by atoms with Crippen molar-refractivity contribution in [3.05, 3.63) is 64.6 Å². The van der Waals surface area contributed by atoms with Crippen LogP contribution in [0.15, 0.2) is 59.1 Å². The van der Waals surface area contributed by atoms with Gasteiger partial charge in [0.2, 0.25) is 5.91 Å². The fourth-order valence-electron chi connectivity index (χ4n) is 3.36. The van der Waals surface area contributed by atoms with Crippen molar-refractivity contribution < 1.29 is 9.59 Å². The van der Waals surface area contributed by atoms with Crippen molar-refractivity contribution in [3.63, 3.8) is 0 Å². The van der Waals surface area contributed by atoms with Crippen LogP contribution < -0.4 is 10.2 Å². The molecule has 0 radical (unpaired) electrons. The van der Waals surface area contributed by atoms with Gasteiger partial charge < -0.3 is 15.1 Å². The number of anilines is 1. The number of carbonyl (C=O) groups excluding carboxylic acids is 2. The summed E-state index contributed by atoms with van der Waals surface area (Å²) in [7, 11) is 0. The molecule has 2 aromatic carbocycles. The summed E-state index contributed by atoms with van der Waals surface area (Å²) < 4.78 is 1.05. The van der Waals surface area contributed by atoms with E-state index in [9.17, 15) is 9.59 Å². The minimum absolute atomic E-state index is 0.00487. The van der Waals surface area contributed by atoms with Gasteiger partial charge in [0.1, 0.15) is 6.04 Å². The third kappa shape index (κ3) is 4.93. The lowest BCUT2D eigenvalue weighted by atomic mass is 10.0. The van der Waals surface area contributed by atoms with Crippen LogP contribution in [-0.2, 0) is 4.79 Å². The second-order valence-corrected chi connectivity index (χ2v) is 8.27. The van der Waals surface area contributed by atoms with Crippen LogP contribution in [0, 0.1) is 5.92 Å². The first-order valence-electron chi connectivity index (χ1n) is 9.61. The normalized spacial score (nSPS) is 15.4. The second-order valence-electron chi connectivity index (χ2n) is 7.35. The highest BCUT2D eigenvalue weighted by molar-refractivity contribution is 9.10. The van der Waals surface area contributed by atoms with Crippen molar-refractivity contribution in [2.45, 2.75) is 19.9 Å². The van der Waals surface area contributed by atoms with Crippen LogP contribution in [0.25, 0.3) is 0 Å². The molecule has 0 aromatic heterocycles. The maximum atomic E-state index is 13.1. The van der Waals surface area contributed by atoms with E-state index in [0.717, 1.165) is 23.2 Å². The van der Waals surface area contributed by atoms with Gasteiger partial charge in [0.05, 0.1) is 0 Å². The van der Waals surface area contributed by atoms with E-state index in [1.165, 1.54) is 0 Å². The Morgan fingerprint density at radius 2 is 1.54 bits per heavy atom. The first kappa shape index (κ1) is 20.4. The van der Waals surface area contributed by atoms with Crippen LogP contribution >= 0.6 is 15.9 Å². The third-order valence-electron chi connectivity index (χ3n) is 5.04. The number of rotatable bonds is 5. The van der Waals surface area contributed by atoms with Crippen LogP contribution in [0.1, 0.15) is 24.2 Å². The maximum absolute atomic E-state index is 13.1. The number of hydrogen-bond donors (Lipinski definition) is 1. The highest BCUT2D eigenvalue weighted by Crippen LogP contribution is 2.20. The van der Waals surface area contributed by atoms with Crippen LogP contribution in [0.5, 0.6) is 0 Å². The van der Waals surface area contributed by atoms with E-state index in [-0.39, 0.29) is 17.7 Å². The van der Waals surface area contributed by atoms with Gasteiger partial charge in [0.15, 0.2) is 0 Å². The molecule has 1 atom stereocenters. The molecule has 2 aromatic rings. The average molecular weight is 444 g/mol. The highest BCUT2D eigenvalue weighted by Gasteiger charge is 2.31. The number of nitrogens with one attached hydrogen (secondary N) is 1. The second kappa shape index (κ2) is 9.24. The molecule has 1 aliphatic heterocycles. The molecule has 148 valence electrons. The number of amides is 2. The smallest absolute Gasteiger partial charge is 0.251 e. The summed E-state index contributed by atoms with van der Waals surface area (Å²) in [5.41, 5.74) is 1.73. The fraction of sp³-hybridized carbons (Fsp3) is 0.364. The Hall–Kier alpha value is -2.34. The standard InChI is InChI=1S/C22H26BrN3O2/c1-16(2)20(24-21(27)17-6-4-3-5-7-17)22(28)26-14-12-25(13-15-26)19-10-8-18(23)9-11-19/h3-11,16,20H,12-15H2,1-2H3,(H,24,27). The molecule has 28 heavy (non-hydrogen) atoms. The van der Waals surface area contributed by atoms with Gasteiger partial charge in [-0.3, -0.25) is 9.59 Å². The minimum Gasteiger partial charge on any atom is -0.368 e. The molecule has 3 rings (SSSR count). The predicted octanol–water partition coefficient (Wildman–Crippen LogP) is 3.55. The number of benzene rings is 2. The fourth-order valence-corrected chi connectivity index (χ4v) is 3.63. The molecule has 2 amide bonds. The highest BCUT2D eigenvalue weighted by atomic mass is 79.9. The van der Waals surface area contributed by atoms with E-state index >= 15 is 0 Å². The van der Waals surface area contributed by atoms with Crippen molar-refractivity contribution in [1.82, 2.24) is 10.2 Å². The minimum atomic E-state index is -0.521. The zero-order valence-corrected chi connectivity index (χ0v) is 17.9. The van der Waals surface area contributed by atoms with Gasteiger partial charge in [-0.1, -0.05) is 48.0 Å². The lowest BCUT2D eigenvalue weighted by Gasteiger charge is -2.38. The van der Waals surface area contributed by atoms with Gasteiger partial charge in [-0.2, -0.15) is 0 Å². The SMILES string of the molecule is CC(C)C(NC(=O)c1ccccc1)C(=O)N1CCN(c2ccc(Br)cc2)CC1. The van der Waals surface area contributed by atoms with Crippen molar-refractivity contribution in [2.75, 3.05) is 31.1 Å². The maximum Gasteiger partial charge on any atom is 0.251 e. The molecule has 1 fully saturated rings. The molecule has 0 saturated carbocycles. The monoisotopic (exact) mass is 443 g/mol. The number of nitrogens with zero attached hydrogens (tertiary/aromatic N) is 2. The van der Waals surface area contributed by atoms with Gasteiger partial charge in [0.25, 0.3) is 5.91 Å². The molecule has 0 aliphatic carbocycles. The summed E-state index contributed by atoms with van der Waals surface area (Å²) in [6.07, 6.45) is 0. The molecule has 1 aliphatic rings. The van der Waals surface area contributed by atoms with Crippen molar-refractivity contribution in [2.24, 2.45) is 5.92 Å². The molecule has 0 spiro atoms. The molecule has 6 heteroatoms. The van der Waals surface area contributed by atoms with Crippen molar-refractivity contribution >= 4 is 33.4 Å². The number of halogens is 1. The molecule has 1 N–H and O–H groups in total. The molecule has 1 unspecified atom stereocenters. The third-order valence-corrected chi connectivity index (χ3v) is 5.57. The number of hydrogen-bond acceptors (Lipinski definition) is 3. The van der Waals surface area contributed by atoms with Gasteiger partial charge >= 0.3 is 0 Å². The lowest BCUT2D eigenvalue weighted by Crippen LogP contribution is -2.56. The quantitative estimate of drug-likeness (QED) is 0.768. The van der Waals surface area contributed by atoms with E-state index < -0.39 is 6.04 Å². The van der Waals surface area contributed by atoms with Gasteiger partial charge in [-0.15, -0.1) is 0 Å². The first-order chi connectivity index (χ1) is 13.5. The zero-order valence-electron chi connectivity index (χ0n) is 16.3. The largest absolute Gasteiger partial charge is 0.368 e. The Balaban J connectivity index is 1.61. The summed E-state index contributed by atoms with van der Waals surface area (Å²) in [4.78, 5) is 29.7. The van der Waals surface area contributed by atoms with Crippen LogP contribution in [0.3, 0.4) is 0 Å². The molecule has 0 bridgehead atoms. The van der Waals surface area contributed by atoms with Gasteiger partial charge in [-0.25, -0.2) is 0 Å². The molecular formula is C22H26BrN3O2. The van der Waals surface area contributed by atoms with Crippen molar-refractivity contribution in [1.29, 1.82) is 0 Å². The van der Waals surface area contributed by atoms with Crippen LogP contribution in [-0.4, -0.2) is 48.9 Å². The molecular weight excluding hydrogens is 418 g/mol. The lowest BCUT2D eigenvalue weighted by molar-refractivity contribution is -0.134. The summed E-state index contributed by atoms with van der Waals surface area (Å²) in [5.74, 6) is -0.194. The Morgan fingerprint density at radius 3 is 2.11 bits per heavy atom. The van der Waals surface area contributed by atoms with Gasteiger partial charge in [0, 0.05) is 41.9 Å². The summed E-state index contributed by atoms with van der Waals surface area (Å²) in [5, 5.41) is 2.93. The van der Waals surface area contributed by atoms with E-state index in [1.54, 1.807) is 12.1 Å². The van der Waals surface area contributed by atoms with Crippen LogP contribution in [0.2, 0.25) is 0 Å². The summed E-state index contributed by atoms with van der Waals surface area (Å²) in [6, 6.07) is 16.7. The van der Waals surface area contributed by atoms with Gasteiger partial charge in [-0.05, 0) is 42.3 Å². The summed E-state index contributed by atoms with van der Waals surface area (Å²) in [6.45, 7) is 6.80. The summed E-state index contributed by atoms with van der Waals surface area (Å²) >= 11 is 3.46. The van der Waals surface area contributed by atoms with Crippen LogP contribution in [0.4, 0.5) is 5.69 Å². The Kier molecular flexibility index (Phi) is 6.73. The zero-order chi connectivity index (χ0) is 20.1. The Bertz CT molecular complexity index is 800. The van der Waals surface area contributed by atoms with E-state index in [1.807, 2.05) is 49.1 Å². The van der Waals surface area contributed by atoms with E-state index in [2.05, 4.69) is 38.3 Å². The molecule has 5 nitrogen and oxygen atoms in total. The Labute approximate surface area is 174 Å². The van der Waals surface area contributed by atoms with Crippen molar-refractivity contribution in [3.8, 4) is 0 Å². The number of piperazine rings is 1. The number of carbonyl (C=O) groups is 2. The average Bonchev–Trinajstić information content (AvgIpc) is 2.72. The van der Waals surface area contributed by atoms with E-state index in [0.29, 0.717) is 18.7 Å². The molecule has 1 saturated heterocycles. The Morgan fingerprint density at radius 1 is 0.929 bits per heavy atom. The molecule has 1 heterocycles.